The van der Waals surface area contributed by atoms with Gasteiger partial charge in [0.1, 0.15) is 0 Å². The lowest BCUT2D eigenvalue weighted by Crippen LogP contribution is -2.06. The number of carbonyl (C=O) groups excluding carboxylic acids is 1. The first-order chi connectivity index (χ1) is 8.59. The molecule has 1 aromatic heterocycles. The Hall–Kier alpha value is -2.03. The maximum absolute atomic E-state index is 12.4. The molecular formula is C15H16N2O. The first-order valence-corrected chi connectivity index (χ1v) is 6.09. The molecule has 0 amide bonds. The van der Waals surface area contributed by atoms with Crippen LogP contribution < -0.4 is 0 Å². The Bertz CT molecular complexity index is 677. The number of carbonyl (C=O) groups is 1. The van der Waals surface area contributed by atoms with Crippen molar-refractivity contribution < 1.29 is 4.79 Å². The van der Waals surface area contributed by atoms with E-state index >= 15 is 0 Å². The van der Waals surface area contributed by atoms with Gasteiger partial charge in [0.2, 0.25) is 5.78 Å². The van der Waals surface area contributed by atoms with Crippen LogP contribution in [-0.2, 0) is 6.54 Å². The van der Waals surface area contributed by atoms with Crippen LogP contribution >= 0.6 is 0 Å². The summed E-state index contributed by atoms with van der Waals surface area (Å²) >= 11 is 0. The normalized spacial score (nSPS) is 16.6. The van der Waals surface area contributed by atoms with Crippen LogP contribution in [0, 0.1) is 6.92 Å². The molecule has 3 heteroatoms. The van der Waals surface area contributed by atoms with Crippen LogP contribution in [0.5, 0.6) is 0 Å². The number of ketones is 1. The number of hydrogen-bond donors (Lipinski definition) is 0. The summed E-state index contributed by atoms with van der Waals surface area (Å²) in [7, 11) is 3.89. The lowest BCUT2D eigenvalue weighted by Gasteiger charge is -2.06. The van der Waals surface area contributed by atoms with Crippen LogP contribution in [0.2, 0.25) is 0 Å². The minimum absolute atomic E-state index is 0.164. The molecular weight excluding hydrogens is 224 g/mol. The van der Waals surface area contributed by atoms with Crippen molar-refractivity contribution in [2.24, 2.45) is 0 Å². The summed E-state index contributed by atoms with van der Waals surface area (Å²) in [5.41, 5.74) is 3.96. The minimum atomic E-state index is 0.164. The molecule has 0 N–H and O–H groups in total. The predicted molar refractivity (Wildman–Crippen MR) is 72.8 cm³/mol. The monoisotopic (exact) mass is 240 g/mol. The van der Waals surface area contributed by atoms with Crippen LogP contribution in [-0.4, -0.2) is 29.3 Å². The number of benzene rings is 1. The highest BCUT2D eigenvalue weighted by molar-refractivity contribution is 6.14. The number of aromatic nitrogens is 1. The van der Waals surface area contributed by atoms with Crippen LogP contribution in [0.3, 0.4) is 0 Å². The van der Waals surface area contributed by atoms with Crippen LogP contribution in [0.15, 0.2) is 36.0 Å². The van der Waals surface area contributed by atoms with Crippen LogP contribution in [0.4, 0.5) is 0 Å². The van der Waals surface area contributed by atoms with Crippen molar-refractivity contribution in [3.05, 3.63) is 47.3 Å². The molecule has 2 heterocycles. The largest absolute Gasteiger partial charge is 0.383 e. The molecule has 0 spiro atoms. The highest BCUT2D eigenvalue weighted by atomic mass is 16.1. The van der Waals surface area contributed by atoms with Crippen molar-refractivity contribution in [2.75, 3.05) is 14.1 Å². The third-order valence-electron chi connectivity index (χ3n) is 3.47. The molecule has 0 unspecified atom stereocenters. The molecule has 3 nitrogen and oxygen atoms in total. The highest BCUT2D eigenvalue weighted by Gasteiger charge is 2.29. The fourth-order valence-electron chi connectivity index (χ4n) is 2.74. The predicted octanol–water partition coefficient (Wildman–Crippen LogP) is 2.59. The van der Waals surface area contributed by atoms with Crippen LogP contribution in [0.1, 0.15) is 16.1 Å². The molecule has 1 aliphatic heterocycles. The Morgan fingerprint density at radius 1 is 1.28 bits per heavy atom. The van der Waals surface area contributed by atoms with Gasteiger partial charge in [-0.1, -0.05) is 18.2 Å². The first kappa shape index (κ1) is 11.1. The Balaban J connectivity index is 2.23. The molecule has 0 fully saturated rings. The Kier molecular flexibility index (Phi) is 2.30. The maximum atomic E-state index is 12.4. The van der Waals surface area contributed by atoms with E-state index in [1.165, 1.54) is 5.39 Å². The van der Waals surface area contributed by atoms with Gasteiger partial charge >= 0.3 is 0 Å². The Morgan fingerprint density at radius 2 is 2.00 bits per heavy atom. The fourth-order valence-corrected chi connectivity index (χ4v) is 2.74. The zero-order valence-corrected chi connectivity index (χ0v) is 10.9. The number of aryl methyl sites for hydroxylation is 1. The van der Waals surface area contributed by atoms with Crippen molar-refractivity contribution in [1.29, 1.82) is 0 Å². The van der Waals surface area contributed by atoms with Gasteiger partial charge < -0.3 is 9.47 Å². The van der Waals surface area contributed by atoms with Crippen LogP contribution in [0.25, 0.3) is 10.9 Å². The highest BCUT2D eigenvalue weighted by Crippen LogP contribution is 2.32. The molecule has 1 aliphatic rings. The van der Waals surface area contributed by atoms with E-state index in [2.05, 4.69) is 16.7 Å². The Morgan fingerprint density at radius 3 is 2.72 bits per heavy atom. The van der Waals surface area contributed by atoms with E-state index in [0.29, 0.717) is 6.54 Å². The number of Topliss-reactive ketones (excluding diaryl/α,β-unsaturated/α-hetero) is 1. The average Bonchev–Trinajstić information content (AvgIpc) is 2.79. The standard InChI is InChI=1S/C15H16N2O/c1-10-12-6-4-5-7-13(12)17-9-11(8-16(2)3)15(18)14(10)17/h4-8H,9H2,1-3H3. The fraction of sp³-hybridized carbons (Fsp3) is 0.267. The zero-order chi connectivity index (χ0) is 12.9. The maximum Gasteiger partial charge on any atom is 0.208 e. The average molecular weight is 240 g/mol. The van der Waals surface area contributed by atoms with Gasteiger partial charge in [0.25, 0.3) is 0 Å². The van der Waals surface area contributed by atoms with Gasteiger partial charge in [-0.2, -0.15) is 0 Å². The molecule has 0 radical (unpaired) electrons. The smallest absolute Gasteiger partial charge is 0.208 e. The van der Waals surface area contributed by atoms with Gasteiger partial charge in [-0.25, -0.2) is 0 Å². The third-order valence-corrected chi connectivity index (χ3v) is 3.47. The number of para-hydroxylation sites is 1. The van der Waals surface area contributed by atoms with E-state index in [4.69, 9.17) is 0 Å². The summed E-state index contributed by atoms with van der Waals surface area (Å²) < 4.78 is 2.13. The molecule has 0 saturated carbocycles. The number of rotatable bonds is 1. The topological polar surface area (TPSA) is 25.2 Å². The molecule has 3 rings (SSSR count). The van der Waals surface area contributed by atoms with E-state index in [-0.39, 0.29) is 5.78 Å². The SMILES string of the molecule is Cc1c2n(c3ccccc13)CC(=CN(C)C)C2=O. The first-order valence-electron chi connectivity index (χ1n) is 6.09. The van der Waals surface area contributed by atoms with Gasteiger partial charge in [0.05, 0.1) is 12.2 Å². The molecule has 0 bridgehead atoms. The van der Waals surface area contributed by atoms with E-state index in [9.17, 15) is 4.79 Å². The molecule has 0 atom stereocenters. The molecule has 0 saturated heterocycles. The molecule has 2 aromatic rings. The van der Waals surface area contributed by atoms with Crippen molar-refractivity contribution in [3.63, 3.8) is 0 Å². The lowest BCUT2D eigenvalue weighted by atomic mass is 10.1. The second-order valence-electron chi connectivity index (χ2n) is 5.02. The van der Waals surface area contributed by atoms with Gasteiger partial charge in [0.15, 0.2) is 0 Å². The Labute approximate surface area is 106 Å². The summed E-state index contributed by atoms with van der Waals surface area (Å²) in [6.45, 7) is 2.71. The second kappa shape index (κ2) is 3.73. The summed E-state index contributed by atoms with van der Waals surface area (Å²) in [6, 6.07) is 8.20. The van der Waals surface area contributed by atoms with Crippen molar-refractivity contribution in [1.82, 2.24) is 9.47 Å². The third kappa shape index (κ3) is 1.40. The van der Waals surface area contributed by atoms with Crippen molar-refractivity contribution in [2.45, 2.75) is 13.5 Å². The van der Waals surface area contributed by atoms with Crippen molar-refractivity contribution >= 4 is 16.7 Å². The van der Waals surface area contributed by atoms with E-state index in [0.717, 1.165) is 22.3 Å². The lowest BCUT2D eigenvalue weighted by molar-refractivity contribution is 0.103. The number of hydrogen-bond acceptors (Lipinski definition) is 2. The van der Waals surface area contributed by atoms with Gasteiger partial charge in [-0.05, 0) is 18.6 Å². The molecule has 1 aromatic carbocycles. The molecule has 92 valence electrons. The van der Waals surface area contributed by atoms with Gasteiger partial charge in [-0.3, -0.25) is 4.79 Å². The van der Waals surface area contributed by atoms with Gasteiger partial charge in [-0.15, -0.1) is 0 Å². The van der Waals surface area contributed by atoms with E-state index in [1.807, 2.05) is 44.3 Å². The van der Waals surface area contributed by atoms with Gasteiger partial charge in [0, 0.05) is 36.8 Å². The summed E-state index contributed by atoms with van der Waals surface area (Å²) in [5, 5.41) is 1.18. The summed E-state index contributed by atoms with van der Waals surface area (Å²) in [4.78, 5) is 14.3. The number of fused-ring (bicyclic) bond motifs is 3. The summed E-state index contributed by atoms with van der Waals surface area (Å²) in [6.07, 6.45) is 1.92. The second-order valence-corrected chi connectivity index (χ2v) is 5.02. The van der Waals surface area contributed by atoms with Crippen molar-refractivity contribution in [3.8, 4) is 0 Å². The zero-order valence-electron chi connectivity index (χ0n) is 10.9. The number of allylic oxidation sites excluding steroid dienone is 1. The van der Waals surface area contributed by atoms with E-state index < -0.39 is 0 Å². The quantitative estimate of drug-likeness (QED) is 0.716. The molecule has 18 heavy (non-hydrogen) atoms. The minimum Gasteiger partial charge on any atom is -0.383 e. The van der Waals surface area contributed by atoms with E-state index in [1.54, 1.807) is 0 Å². The molecule has 0 aliphatic carbocycles. The summed E-state index contributed by atoms with van der Waals surface area (Å²) in [5.74, 6) is 0.164. The number of nitrogens with zero attached hydrogens (tertiary/aromatic N) is 2.